The second-order valence-corrected chi connectivity index (χ2v) is 9.64. The summed E-state index contributed by atoms with van der Waals surface area (Å²) in [6, 6.07) is 16.9. The van der Waals surface area contributed by atoms with Crippen molar-refractivity contribution in [2.45, 2.75) is 46.6 Å². The van der Waals surface area contributed by atoms with Gasteiger partial charge in [-0.2, -0.15) is 0 Å². The predicted octanol–water partition coefficient (Wildman–Crippen LogP) is 3.99. The number of benzene rings is 2. The lowest BCUT2D eigenvalue weighted by atomic mass is 9.50. The molecule has 1 aliphatic rings. The summed E-state index contributed by atoms with van der Waals surface area (Å²) in [6.07, 6.45) is -0.213. The first-order valence-electron chi connectivity index (χ1n) is 8.45. The Morgan fingerprint density at radius 1 is 1.16 bits per heavy atom. The van der Waals surface area contributed by atoms with Gasteiger partial charge in [0.25, 0.3) is 0 Å². The van der Waals surface area contributed by atoms with E-state index in [1.54, 1.807) is 12.1 Å². The van der Waals surface area contributed by atoms with Crippen molar-refractivity contribution in [2.24, 2.45) is 0 Å². The molecule has 131 valence electrons. The number of hydrogen-bond acceptors (Lipinski definition) is 4. The first-order valence-corrected chi connectivity index (χ1v) is 11.0. The molecular weight excluding hydrogens is 351 g/mol. The lowest BCUT2D eigenvalue weighted by Gasteiger charge is -2.38. The molecule has 1 N–H and O–H groups in total. The molecule has 6 heteroatoms. The van der Waals surface area contributed by atoms with Gasteiger partial charge >= 0.3 is 0 Å². The lowest BCUT2D eigenvalue weighted by molar-refractivity contribution is 0.122. The van der Waals surface area contributed by atoms with Gasteiger partial charge in [-0.25, -0.2) is 8.42 Å². The van der Waals surface area contributed by atoms with Crippen LogP contribution in [0.4, 0.5) is 0 Å². The quantitative estimate of drug-likeness (QED) is 0.824. The van der Waals surface area contributed by atoms with Gasteiger partial charge in [0.2, 0.25) is 0 Å². The van der Waals surface area contributed by atoms with Crippen LogP contribution in [-0.2, 0) is 9.84 Å². The Morgan fingerprint density at radius 2 is 1.80 bits per heavy atom. The highest BCUT2D eigenvalue weighted by atomic mass is 32.2. The highest BCUT2D eigenvalue weighted by molar-refractivity contribution is 7.99. The molecule has 3 unspecified atom stereocenters. The Kier molecular flexibility index (Phi) is 5.33. The molecule has 2 aromatic carbocycles. The van der Waals surface area contributed by atoms with Gasteiger partial charge in [-0.3, -0.25) is 0 Å². The van der Waals surface area contributed by atoms with Gasteiger partial charge < -0.3 is 5.11 Å². The van der Waals surface area contributed by atoms with Gasteiger partial charge in [0.05, 0.1) is 22.0 Å². The summed E-state index contributed by atoms with van der Waals surface area (Å²) >= 11 is 1.53. The van der Waals surface area contributed by atoms with Crippen LogP contribution in [0.25, 0.3) is 0 Å². The lowest BCUT2D eigenvalue weighted by Crippen LogP contribution is -2.39. The van der Waals surface area contributed by atoms with Crippen molar-refractivity contribution in [3.8, 4) is 0 Å². The van der Waals surface area contributed by atoms with Gasteiger partial charge in [0.1, 0.15) is 7.28 Å². The van der Waals surface area contributed by atoms with Crippen LogP contribution in [0.2, 0.25) is 12.1 Å². The van der Waals surface area contributed by atoms with Gasteiger partial charge in [-0.15, -0.1) is 11.8 Å². The number of fused-ring (bicyclic) bond motifs is 1. The molecule has 0 aliphatic carbocycles. The molecule has 0 amide bonds. The van der Waals surface area contributed by atoms with E-state index in [-0.39, 0.29) is 11.0 Å². The zero-order valence-corrected chi connectivity index (χ0v) is 16.1. The molecule has 0 bridgehead atoms. The molecule has 1 aliphatic heterocycles. The molecule has 1 radical (unpaired) electrons. The molecule has 0 aromatic heterocycles. The summed E-state index contributed by atoms with van der Waals surface area (Å²) < 4.78 is 26.1. The zero-order valence-electron chi connectivity index (χ0n) is 14.4. The Bertz CT molecular complexity index is 833. The van der Waals surface area contributed by atoms with Crippen LogP contribution in [0, 0.1) is 0 Å². The molecule has 1 heterocycles. The zero-order chi connectivity index (χ0) is 18.1. The van der Waals surface area contributed by atoms with Crippen LogP contribution < -0.4 is 0 Å². The number of aliphatic hydroxyl groups is 1. The second kappa shape index (κ2) is 7.18. The van der Waals surface area contributed by atoms with Crippen LogP contribution in [0.15, 0.2) is 64.4 Å². The average molecular weight is 373 g/mol. The molecule has 2 aromatic rings. The van der Waals surface area contributed by atoms with Gasteiger partial charge in [0.15, 0.2) is 9.84 Å². The van der Waals surface area contributed by atoms with Gasteiger partial charge in [0, 0.05) is 4.90 Å². The van der Waals surface area contributed by atoms with Gasteiger partial charge in [-0.1, -0.05) is 56.6 Å². The molecule has 3 rings (SSSR count). The number of sulfone groups is 1. The Hall–Kier alpha value is -1.24. The Balaban J connectivity index is 2.18. The minimum absolute atomic E-state index is 0.0585. The summed E-state index contributed by atoms with van der Waals surface area (Å²) in [5, 5.41) is 10.2. The van der Waals surface area contributed by atoms with E-state index in [0.29, 0.717) is 16.9 Å². The third kappa shape index (κ3) is 3.40. The Labute approximate surface area is 155 Å². The van der Waals surface area contributed by atoms with Crippen LogP contribution in [0.1, 0.15) is 24.2 Å². The largest absolute Gasteiger partial charge is 0.392 e. The minimum atomic E-state index is -3.47. The number of aliphatic hydroxyl groups excluding tert-OH is 1. The van der Waals surface area contributed by atoms with Crippen molar-refractivity contribution in [3.63, 3.8) is 0 Å². The first-order chi connectivity index (χ1) is 11.9. The molecule has 0 fully saturated rings. The minimum Gasteiger partial charge on any atom is -0.392 e. The van der Waals surface area contributed by atoms with Crippen molar-refractivity contribution in [1.82, 2.24) is 0 Å². The van der Waals surface area contributed by atoms with Crippen LogP contribution in [-0.4, -0.2) is 32.7 Å². The fourth-order valence-electron chi connectivity index (χ4n) is 3.53. The van der Waals surface area contributed by atoms with E-state index < -0.39 is 21.3 Å². The van der Waals surface area contributed by atoms with E-state index in [1.807, 2.05) is 63.5 Å². The highest BCUT2D eigenvalue weighted by Gasteiger charge is 2.48. The molecule has 0 spiro atoms. The van der Waals surface area contributed by atoms with Crippen molar-refractivity contribution in [2.75, 3.05) is 5.75 Å². The molecular formula is C19H22BO3S2. The summed E-state index contributed by atoms with van der Waals surface area (Å²) in [4.78, 5) is 1.36. The van der Waals surface area contributed by atoms with Crippen LogP contribution >= 0.6 is 11.8 Å². The van der Waals surface area contributed by atoms with E-state index in [0.717, 1.165) is 4.90 Å². The SMILES string of the molecule is C[B]C1(CC)CS(=O)(=O)c2ccccc2C(Sc2ccccc2)C1O. The fourth-order valence-corrected chi connectivity index (χ4v) is 7.19. The summed E-state index contributed by atoms with van der Waals surface area (Å²) in [5.41, 5.74) is 0.695. The first kappa shape index (κ1) is 18.6. The standard InChI is InChI=1S/C19H22BO3S2/c1-3-19(20-2)13-25(22,23)16-12-8-7-11-15(16)17(18(19)21)24-14-9-5-4-6-10-14/h4-12,17-18,21H,3,13H2,1-2H3. The van der Waals surface area contributed by atoms with Crippen molar-refractivity contribution in [1.29, 1.82) is 0 Å². The third-order valence-electron chi connectivity index (χ3n) is 5.13. The van der Waals surface area contributed by atoms with E-state index >= 15 is 0 Å². The normalized spacial score (nSPS) is 28.0. The molecule has 0 saturated carbocycles. The topological polar surface area (TPSA) is 54.4 Å². The summed E-state index contributed by atoms with van der Waals surface area (Å²) in [7, 11) is -1.60. The molecule has 25 heavy (non-hydrogen) atoms. The fraction of sp³-hybridized carbons (Fsp3) is 0.368. The maximum Gasteiger partial charge on any atom is 0.178 e. The number of thioether (sulfide) groups is 1. The van der Waals surface area contributed by atoms with E-state index in [9.17, 15) is 13.5 Å². The molecule has 3 nitrogen and oxygen atoms in total. The third-order valence-corrected chi connectivity index (χ3v) is 8.40. The highest BCUT2D eigenvalue weighted by Crippen LogP contribution is 2.52. The van der Waals surface area contributed by atoms with Gasteiger partial charge in [-0.05, 0) is 29.1 Å². The summed E-state index contributed by atoms with van der Waals surface area (Å²) in [5.74, 6) is -0.0585. The Morgan fingerprint density at radius 3 is 2.44 bits per heavy atom. The summed E-state index contributed by atoms with van der Waals surface area (Å²) in [6.45, 7) is 3.79. The monoisotopic (exact) mass is 373 g/mol. The van der Waals surface area contributed by atoms with Crippen molar-refractivity contribution in [3.05, 3.63) is 60.2 Å². The average Bonchev–Trinajstić information content (AvgIpc) is 2.70. The number of rotatable bonds is 4. The number of hydrogen-bond donors (Lipinski definition) is 1. The van der Waals surface area contributed by atoms with Crippen molar-refractivity contribution >= 4 is 28.9 Å². The van der Waals surface area contributed by atoms with Crippen LogP contribution in [0.5, 0.6) is 0 Å². The molecule has 0 saturated heterocycles. The van der Waals surface area contributed by atoms with E-state index in [1.165, 1.54) is 11.8 Å². The van der Waals surface area contributed by atoms with E-state index in [2.05, 4.69) is 0 Å². The molecule has 3 atom stereocenters. The maximum atomic E-state index is 13.0. The maximum absolute atomic E-state index is 13.0. The smallest absolute Gasteiger partial charge is 0.178 e. The van der Waals surface area contributed by atoms with Crippen molar-refractivity contribution < 1.29 is 13.5 Å². The second-order valence-electron chi connectivity index (χ2n) is 6.47. The predicted molar refractivity (Wildman–Crippen MR) is 104 cm³/mol. The van der Waals surface area contributed by atoms with Crippen LogP contribution in [0.3, 0.4) is 0 Å². The van der Waals surface area contributed by atoms with E-state index in [4.69, 9.17) is 0 Å².